The van der Waals surface area contributed by atoms with E-state index in [0.717, 1.165) is 23.0 Å². The van der Waals surface area contributed by atoms with E-state index in [9.17, 15) is 0 Å². The van der Waals surface area contributed by atoms with Gasteiger partial charge < -0.3 is 20.1 Å². The van der Waals surface area contributed by atoms with E-state index in [-0.39, 0.29) is 12.2 Å². The molecule has 3 heterocycles. The van der Waals surface area contributed by atoms with E-state index < -0.39 is 0 Å². The first-order valence-electron chi connectivity index (χ1n) is 9.20. The monoisotopic (exact) mass is 380 g/mol. The van der Waals surface area contributed by atoms with Gasteiger partial charge in [-0.3, -0.25) is 9.39 Å². The number of benzene rings is 1. The van der Waals surface area contributed by atoms with Gasteiger partial charge in [-0.05, 0) is 29.8 Å². The first-order valence-corrected chi connectivity index (χ1v) is 9.20. The Balaban J connectivity index is 1.38. The van der Waals surface area contributed by atoms with Crippen LogP contribution in [0.3, 0.4) is 0 Å². The SMILES string of the molecule is CN=C(NCc1nnc2ccccn12)NCC(C)(C)c1ccc2c(c1)OCO2. The number of ether oxygens (including phenoxy) is 2. The smallest absolute Gasteiger partial charge is 0.231 e. The molecule has 0 radical (unpaired) electrons. The van der Waals surface area contributed by atoms with E-state index in [2.05, 4.69) is 45.7 Å². The lowest BCUT2D eigenvalue weighted by Crippen LogP contribution is -2.43. The van der Waals surface area contributed by atoms with Crippen molar-refractivity contribution in [2.75, 3.05) is 20.4 Å². The molecule has 1 aliphatic rings. The fourth-order valence-electron chi connectivity index (χ4n) is 3.12. The van der Waals surface area contributed by atoms with Crippen LogP contribution in [0.1, 0.15) is 25.2 Å². The number of pyridine rings is 1. The summed E-state index contributed by atoms with van der Waals surface area (Å²) >= 11 is 0. The average Bonchev–Trinajstić information content (AvgIpc) is 3.34. The van der Waals surface area contributed by atoms with Crippen molar-refractivity contribution in [1.29, 1.82) is 0 Å². The minimum absolute atomic E-state index is 0.125. The average molecular weight is 380 g/mol. The Morgan fingerprint density at radius 3 is 2.86 bits per heavy atom. The molecule has 3 aromatic rings. The maximum atomic E-state index is 5.50. The third-order valence-electron chi connectivity index (χ3n) is 4.87. The number of rotatable bonds is 5. The fourth-order valence-corrected chi connectivity index (χ4v) is 3.12. The molecule has 2 aromatic heterocycles. The van der Waals surface area contributed by atoms with E-state index >= 15 is 0 Å². The molecule has 0 saturated carbocycles. The van der Waals surface area contributed by atoms with Crippen molar-refractivity contribution in [2.45, 2.75) is 25.8 Å². The van der Waals surface area contributed by atoms with Gasteiger partial charge in [-0.1, -0.05) is 26.0 Å². The number of nitrogens with one attached hydrogen (secondary N) is 2. The Hall–Kier alpha value is -3.29. The van der Waals surface area contributed by atoms with Gasteiger partial charge >= 0.3 is 0 Å². The van der Waals surface area contributed by atoms with Crippen LogP contribution in [0.5, 0.6) is 11.5 Å². The number of aromatic nitrogens is 3. The molecular weight excluding hydrogens is 356 g/mol. The third kappa shape index (κ3) is 3.58. The van der Waals surface area contributed by atoms with Crippen LogP contribution in [0.2, 0.25) is 0 Å². The number of nitrogens with zero attached hydrogens (tertiary/aromatic N) is 4. The van der Waals surface area contributed by atoms with Crippen LogP contribution < -0.4 is 20.1 Å². The van der Waals surface area contributed by atoms with Crippen molar-refractivity contribution in [1.82, 2.24) is 25.2 Å². The first kappa shape index (κ1) is 18.1. The van der Waals surface area contributed by atoms with Gasteiger partial charge in [0.05, 0.1) is 6.54 Å². The Bertz CT molecular complexity index is 1010. The van der Waals surface area contributed by atoms with E-state index in [1.807, 2.05) is 40.9 Å². The van der Waals surface area contributed by atoms with E-state index in [1.54, 1.807) is 7.05 Å². The number of hydrogen-bond acceptors (Lipinski definition) is 5. The largest absolute Gasteiger partial charge is 0.454 e. The predicted octanol–water partition coefficient (Wildman–Crippen LogP) is 2.10. The maximum Gasteiger partial charge on any atom is 0.231 e. The standard InChI is InChI=1S/C20H24N6O2/c1-20(2,14-7-8-15-16(10-14)28-13-27-15)12-23-19(21-3)22-11-18-25-24-17-6-4-5-9-26(17)18/h4-10H,11-13H2,1-3H3,(H2,21,22,23). The van der Waals surface area contributed by atoms with Crippen LogP contribution in [0.15, 0.2) is 47.6 Å². The highest BCUT2D eigenvalue weighted by atomic mass is 16.7. The highest BCUT2D eigenvalue weighted by Gasteiger charge is 2.24. The summed E-state index contributed by atoms with van der Waals surface area (Å²) in [5.74, 6) is 3.13. The Morgan fingerprint density at radius 1 is 1.14 bits per heavy atom. The van der Waals surface area contributed by atoms with Gasteiger partial charge in [0.15, 0.2) is 28.9 Å². The Labute approximate surface area is 163 Å². The molecule has 0 unspecified atom stereocenters. The van der Waals surface area contributed by atoms with Crippen LogP contribution in [0.25, 0.3) is 5.65 Å². The van der Waals surface area contributed by atoms with Crippen LogP contribution in [0.4, 0.5) is 0 Å². The van der Waals surface area contributed by atoms with E-state index in [0.29, 0.717) is 19.0 Å². The summed E-state index contributed by atoms with van der Waals surface area (Å²) in [6, 6.07) is 11.9. The molecule has 0 atom stereocenters. The molecule has 0 bridgehead atoms. The summed E-state index contributed by atoms with van der Waals surface area (Å²) in [5.41, 5.74) is 1.87. The zero-order valence-electron chi connectivity index (χ0n) is 16.3. The molecule has 4 rings (SSSR count). The molecule has 8 nitrogen and oxygen atoms in total. The summed E-state index contributed by atoms with van der Waals surface area (Å²) < 4.78 is 12.9. The lowest BCUT2D eigenvalue weighted by atomic mass is 9.84. The zero-order chi connectivity index (χ0) is 19.6. The molecule has 0 spiro atoms. The normalized spacial score (nSPS) is 13.8. The minimum Gasteiger partial charge on any atom is -0.454 e. The molecule has 8 heteroatoms. The van der Waals surface area contributed by atoms with Gasteiger partial charge in [-0.25, -0.2) is 0 Å². The summed E-state index contributed by atoms with van der Waals surface area (Å²) in [5, 5.41) is 15.1. The van der Waals surface area contributed by atoms with Crippen molar-refractivity contribution in [2.24, 2.45) is 4.99 Å². The van der Waals surface area contributed by atoms with Gasteiger partial charge in [-0.15, -0.1) is 10.2 Å². The number of guanidine groups is 1. The molecular formula is C20H24N6O2. The van der Waals surface area contributed by atoms with E-state index in [4.69, 9.17) is 9.47 Å². The van der Waals surface area contributed by atoms with Crippen molar-refractivity contribution >= 4 is 11.6 Å². The topological polar surface area (TPSA) is 85.1 Å². The molecule has 1 aromatic carbocycles. The van der Waals surface area contributed by atoms with Crippen LogP contribution in [-0.2, 0) is 12.0 Å². The second-order valence-corrected chi connectivity index (χ2v) is 7.28. The molecule has 0 fully saturated rings. The van der Waals surface area contributed by atoms with Gasteiger partial charge in [-0.2, -0.15) is 0 Å². The fraction of sp³-hybridized carbons (Fsp3) is 0.350. The Morgan fingerprint density at radius 2 is 2.00 bits per heavy atom. The number of fused-ring (bicyclic) bond motifs is 2. The molecule has 1 aliphatic heterocycles. The molecule has 0 saturated heterocycles. The van der Waals surface area contributed by atoms with Gasteiger partial charge in [0.2, 0.25) is 6.79 Å². The van der Waals surface area contributed by atoms with Gasteiger partial charge in [0.25, 0.3) is 0 Å². The quantitative estimate of drug-likeness (QED) is 0.521. The van der Waals surface area contributed by atoms with Crippen molar-refractivity contribution < 1.29 is 9.47 Å². The van der Waals surface area contributed by atoms with Crippen LogP contribution in [0, 0.1) is 0 Å². The number of aliphatic imine (C=N–C) groups is 1. The lowest BCUT2D eigenvalue weighted by Gasteiger charge is -2.27. The second-order valence-electron chi connectivity index (χ2n) is 7.28. The lowest BCUT2D eigenvalue weighted by molar-refractivity contribution is 0.174. The molecule has 2 N–H and O–H groups in total. The van der Waals surface area contributed by atoms with Crippen molar-refractivity contribution in [3.63, 3.8) is 0 Å². The van der Waals surface area contributed by atoms with Crippen LogP contribution in [-0.4, -0.2) is 40.9 Å². The summed E-state index contributed by atoms with van der Waals surface area (Å²) in [6.45, 7) is 5.86. The summed E-state index contributed by atoms with van der Waals surface area (Å²) in [4.78, 5) is 4.31. The molecule has 0 aliphatic carbocycles. The molecule has 0 amide bonds. The number of hydrogen-bond donors (Lipinski definition) is 2. The first-order chi connectivity index (χ1) is 13.6. The minimum atomic E-state index is -0.125. The second kappa shape index (κ2) is 7.38. The van der Waals surface area contributed by atoms with Gasteiger partial charge in [0.1, 0.15) is 0 Å². The highest BCUT2D eigenvalue weighted by molar-refractivity contribution is 5.79. The highest BCUT2D eigenvalue weighted by Crippen LogP contribution is 2.36. The summed E-state index contributed by atoms with van der Waals surface area (Å²) in [7, 11) is 1.75. The van der Waals surface area contributed by atoms with Crippen molar-refractivity contribution in [3.8, 4) is 11.5 Å². The maximum absolute atomic E-state index is 5.50. The van der Waals surface area contributed by atoms with E-state index in [1.165, 1.54) is 5.56 Å². The summed E-state index contributed by atoms with van der Waals surface area (Å²) in [6.07, 6.45) is 1.95. The zero-order valence-corrected chi connectivity index (χ0v) is 16.3. The van der Waals surface area contributed by atoms with Crippen LogP contribution >= 0.6 is 0 Å². The molecule has 28 heavy (non-hydrogen) atoms. The van der Waals surface area contributed by atoms with Crippen molar-refractivity contribution in [3.05, 3.63) is 54.0 Å². The predicted molar refractivity (Wildman–Crippen MR) is 107 cm³/mol. The Kier molecular flexibility index (Phi) is 4.77. The third-order valence-corrected chi connectivity index (χ3v) is 4.87. The van der Waals surface area contributed by atoms with Gasteiger partial charge in [0, 0.05) is 25.2 Å². The molecule has 146 valence electrons.